The Bertz CT molecular complexity index is 93.3. The predicted molar refractivity (Wildman–Crippen MR) is 58.8 cm³/mol. The van der Waals surface area contributed by atoms with Crippen LogP contribution in [0.1, 0.15) is 59.3 Å². The van der Waals surface area contributed by atoms with Gasteiger partial charge < -0.3 is 5.11 Å². The van der Waals surface area contributed by atoms with E-state index in [1.54, 1.807) is 0 Å². The van der Waals surface area contributed by atoms with Gasteiger partial charge >= 0.3 is 0 Å². The zero-order valence-corrected chi connectivity index (χ0v) is 9.55. The molecule has 80 valence electrons. The number of hydrogen-bond acceptors (Lipinski definition) is 1. The molecule has 0 bridgehead atoms. The second-order valence-electron chi connectivity index (χ2n) is 4.15. The van der Waals surface area contributed by atoms with Crippen molar-refractivity contribution in [3.8, 4) is 0 Å². The minimum atomic E-state index is 0.360. The summed E-state index contributed by atoms with van der Waals surface area (Å²) in [5.74, 6) is 1.68. The van der Waals surface area contributed by atoms with E-state index in [0.29, 0.717) is 6.61 Å². The average Bonchev–Trinajstić information content (AvgIpc) is 2.17. The summed E-state index contributed by atoms with van der Waals surface area (Å²) < 4.78 is 0. The van der Waals surface area contributed by atoms with Crippen LogP contribution < -0.4 is 0 Å². The molecular weight excluding hydrogens is 160 g/mol. The summed E-state index contributed by atoms with van der Waals surface area (Å²) in [5.41, 5.74) is 0. The van der Waals surface area contributed by atoms with Crippen LogP contribution in [0.25, 0.3) is 0 Å². The van der Waals surface area contributed by atoms with Crippen LogP contribution in [0.4, 0.5) is 0 Å². The molecule has 2 unspecified atom stereocenters. The molecule has 1 heteroatoms. The van der Waals surface area contributed by atoms with Crippen LogP contribution in [0, 0.1) is 11.8 Å². The third kappa shape index (κ3) is 6.09. The van der Waals surface area contributed by atoms with Crippen LogP contribution in [0.3, 0.4) is 0 Å². The van der Waals surface area contributed by atoms with Gasteiger partial charge in [-0.05, 0) is 24.7 Å². The summed E-state index contributed by atoms with van der Waals surface area (Å²) in [5, 5.41) is 8.80. The van der Waals surface area contributed by atoms with E-state index in [-0.39, 0.29) is 0 Å². The quantitative estimate of drug-likeness (QED) is 0.614. The Kier molecular flexibility index (Phi) is 8.53. The molecule has 1 nitrogen and oxygen atoms in total. The third-order valence-corrected chi connectivity index (χ3v) is 3.11. The molecule has 0 amide bonds. The van der Waals surface area contributed by atoms with Gasteiger partial charge in [0, 0.05) is 6.61 Å². The summed E-state index contributed by atoms with van der Waals surface area (Å²) in [6.07, 6.45) is 7.47. The molecule has 0 saturated heterocycles. The topological polar surface area (TPSA) is 20.2 Å². The molecule has 0 aliphatic rings. The molecule has 0 aliphatic heterocycles. The van der Waals surface area contributed by atoms with E-state index in [0.717, 1.165) is 18.3 Å². The summed E-state index contributed by atoms with van der Waals surface area (Å²) in [4.78, 5) is 0. The number of unbranched alkanes of at least 4 members (excludes halogenated alkanes) is 1. The molecule has 0 heterocycles. The molecule has 1 N–H and O–H groups in total. The maximum absolute atomic E-state index is 8.80. The molecule has 0 aliphatic carbocycles. The summed E-state index contributed by atoms with van der Waals surface area (Å²) in [7, 11) is 0. The first-order valence-electron chi connectivity index (χ1n) is 5.87. The van der Waals surface area contributed by atoms with Gasteiger partial charge in [-0.25, -0.2) is 0 Å². The molecule has 2 atom stereocenters. The molecule has 0 aromatic carbocycles. The molecule has 0 spiro atoms. The van der Waals surface area contributed by atoms with Gasteiger partial charge in [-0.3, -0.25) is 0 Å². The van der Waals surface area contributed by atoms with Gasteiger partial charge in [0.2, 0.25) is 0 Å². The lowest BCUT2D eigenvalue weighted by Crippen LogP contribution is -2.11. The molecule has 0 radical (unpaired) electrons. The minimum Gasteiger partial charge on any atom is -0.396 e. The van der Waals surface area contributed by atoms with Crippen LogP contribution in [0.5, 0.6) is 0 Å². The smallest absolute Gasteiger partial charge is 0.0431 e. The highest BCUT2D eigenvalue weighted by molar-refractivity contribution is 4.65. The Morgan fingerprint density at radius 2 is 1.69 bits per heavy atom. The van der Waals surface area contributed by atoms with E-state index in [9.17, 15) is 0 Å². The van der Waals surface area contributed by atoms with Gasteiger partial charge in [-0.1, -0.05) is 46.5 Å². The number of aliphatic hydroxyl groups excluding tert-OH is 1. The molecule has 13 heavy (non-hydrogen) atoms. The zero-order valence-electron chi connectivity index (χ0n) is 9.55. The van der Waals surface area contributed by atoms with Crippen molar-refractivity contribution in [1.82, 2.24) is 0 Å². The van der Waals surface area contributed by atoms with E-state index < -0.39 is 0 Å². The maximum atomic E-state index is 8.80. The van der Waals surface area contributed by atoms with E-state index >= 15 is 0 Å². The lowest BCUT2D eigenvalue weighted by atomic mass is 9.84. The van der Waals surface area contributed by atoms with E-state index in [1.165, 1.54) is 32.1 Å². The van der Waals surface area contributed by atoms with E-state index in [1.807, 2.05) is 0 Å². The van der Waals surface area contributed by atoms with Crippen molar-refractivity contribution in [2.75, 3.05) is 6.61 Å². The van der Waals surface area contributed by atoms with Gasteiger partial charge in [0.1, 0.15) is 0 Å². The Morgan fingerprint density at radius 3 is 2.15 bits per heavy atom. The van der Waals surface area contributed by atoms with Crippen molar-refractivity contribution < 1.29 is 5.11 Å². The van der Waals surface area contributed by atoms with Crippen LogP contribution in [-0.4, -0.2) is 11.7 Å². The lowest BCUT2D eigenvalue weighted by Gasteiger charge is -2.22. The Labute approximate surface area is 83.5 Å². The lowest BCUT2D eigenvalue weighted by molar-refractivity contribution is 0.238. The molecular formula is C12H26O. The van der Waals surface area contributed by atoms with Gasteiger partial charge in [-0.15, -0.1) is 0 Å². The molecule has 0 aromatic heterocycles. The van der Waals surface area contributed by atoms with Crippen LogP contribution >= 0.6 is 0 Å². The van der Waals surface area contributed by atoms with Crippen LogP contribution in [0.2, 0.25) is 0 Å². The van der Waals surface area contributed by atoms with Crippen molar-refractivity contribution >= 4 is 0 Å². The maximum Gasteiger partial charge on any atom is 0.0431 e. The molecule has 0 aromatic rings. The SMILES string of the molecule is CCCCC(CCCO)C(C)CC. The van der Waals surface area contributed by atoms with Crippen molar-refractivity contribution in [2.24, 2.45) is 11.8 Å². The second kappa shape index (κ2) is 8.55. The van der Waals surface area contributed by atoms with Gasteiger partial charge in [0.25, 0.3) is 0 Å². The van der Waals surface area contributed by atoms with Crippen LogP contribution in [0.15, 0.2) is 0 Å². The monoisotopic (exact) mass is 186 g/mol. The van der Waals surface area contributed by atoms with Crippen molar-refractivity contribution in [1.29, 1.82) is 0 Å². The Hall–Kier alpha value is -0.0400. The highest BCUT2D eigenvalue weighted by Gasteiger charge is 2.14. The predicted octanol–water partition coefficient (Wildman–Crippen LogP) is 3.61. The summed E-state index contributed by atoms with van der Waals surface area (Å²) in [6.45, 7) is 7.22. The first kappa shape index (κ1) is 13.0. The fraction of sp³-hybridized carbons (Fsp3) is 1.00. The molecule has 0 rings (SSSR count). The second-order valence-corrected chi connectivity index (χ2v) is 4.15. The first-order valence-corrected chi connectivity index (χ1v) is 5.87. The zero-order chi connectivity index (χ0) is 10.1. The Balaban J connectivity index is 3.72. The normalized spacial score (nSPS) is 15.7. The summed E-state index contributed by atoms with van der Waals surface area (Å²) >= 11 is 0. The fourth-order valence-corrected chi connectivity index (χ4v) is 1.87. The average molecular weight is 186 g/mol. The van der Waals surface area contributed by atoms with Gasteiger partial charge in [0.15, 0.2) is 0 Å². The van der Waals surface area contributed by atoms with Gasteiger partial charge in [-0.2, -0.15) is 0 Å². The number of rotatable bonds is 8. The number of hydrogen-bond donors (Lipinski definition) is 1. The first-order chi connectivity index (χ1) is 6.26. The third-order valence-electron chi connectivity index (χ3n) is 3.11. The van der Waals surface area contributed by atoms with Crippen molar-refractivity contribution in [2.45, 2.75) is 59.3 Å². The minimum absolute atomic E-state index is 0.360. The molecule has 0 saturated carbocycles. The van der Waals surface area contributed by atoms with Crippen molar-refractivity contribution in [3.63, 3.8) is 0 Å². The molecule has 0 fully saturated rings. The van der Waals surface area contributed by atoms with Crippen LogP contribution in [-0.2, 0) is 0 Å². The highest BCUT2D eigenvalue weighted by Crippen LogP contribution is 2.25. The number of aliphatic hydroxyl groups is 1. The fourth-order valence-electron chi connectivity index (χ4n) is 1.87. The largest absolute Gasteiger partial charge is 0.396 e. The van der Waals surface area contributed by atoms with Crippen molar-refractivity contribution in [3.05, 3.63) is 0 Å². The van der Waals surface area contributed by atoms with Gasteiger partial charge in [0.05, 0.1) is 0 Å². The summed E-state index contributed by atoms with van der Waals surface area (Å²) in [6, 6.07) is 0. The van der Waals surface area contributed by atoms with E-state index in [2.05, 4.69) is 20.8 Å². The Morgan fingerprint density at radius 1 is 1.08 bits per heavy atom. The standard InChI is InChI=1S/C12H26O/c1-4-6-8-12(9-7-10-13)11(3)5-2/h11-13H,4-10H2,1-3H3. The highest BCUT2D eigenvalue weighted by atomic mass is 16.2. The van der Waals surface area contributed by atoms with E-state index in [4.69, 9.17) is 5.11 Å².